The molecule has 3 rings (SSSR count). The second kappa shape index (κ2) is 23.8. The number of carbonyl (C=O) groups is 8. The van der Waals surface area contributed by atoms with E-state index in [0.717, 1.165) is 17.3 Å². The predicted octanol–water partition coefficient (Wildman–Crippen LogP) is 0.910. The first-order valence-corrected chi connectivity index (χ1v) is 19.7. The lowest BCUT2D eigenvalue weighted by molar-refractivity contribution is -0.141. The van der Waals surface area contributed by atoms with E-state index in [2.05, 4.69) is 31.6 Å². The third-order valence-corrected chi connectivity index (χ3v) is 9.65. The molecule has 6 atom stereocenters. The topological polar surface area (TPSA) is 305 Å². The highest BCUT2D eigenvalue weighted by Crippen LogP contribution is 2.20. The van der Waals surface area contributed by atoms with Crippen molar-refractivity contribution >= 4 is 58.3 Å². The highest BCUT2D eigenvalue weighted by Gasteiger charge is 2.34. The summed E-state index contributed by atoms with van der Waals surface area (Å²) in [6.07, 6.45) is 2.66. The molecule has 0 aliphatic heterocycles. The van der Waals surface area contributed by atoms with Crippen LogP contribution in [0.3, 0.4) is 0 Å². The Kier molecular flexibility index (Phi) is 19.0. The van der Waals surface area contributed by atoms with Crippen molar-refractivity contribution in [2.24, 2.45) is 11.5 Å². The predicted molar refractivity (Wildman–Crippen MR) is 217 cm³/mol. The molecular formula is C41H56N8O10. The fraction of sp³-hybridized carbons (Fsp3) is 0.463. The van der Waals surface area contributed by atoms with Crippen LogP contribution in [0, 0.1) is 0 Å². The van der Waals surface area contributed by atoms with Gasteiger partial charge in [-0.3, -0.25) is 38.4 Å². The van der Waals surface area contributed by atoms with Gasteiger partial charge in [-0.15, -0.1) is 0 Å². The number of hydrogen-bond acceptors (Lipinski definition) is 9. The van der Waals surface area contributed by atoms with Crippen LogP contribution in [0.2, 0.25) is 0 Å². The van der Waals surface area contributed by atoms with Crippen molar-refractivity contribution < 1.29 is 48.6 Å². The molecule has 12 N–H and O–H groups in total. The first kappa shape index (κ1) is 47.1. The number of carboxylic acids is 2. The van der Waals surface area contributed by atoms with Gasteiger partial charge in [0.05, 0.1) is 12.5 Å². The quantitative estimate of drug-likeness (QED) is 0.0543. The number of fused-ring (bicyclic) bond motifs is 1. The Morgan fingerprint density at radius 2 is 1.14 bits per heavy atom. The number of primary amides is 1. The molecule has 1 heterocycles. The SMILES string of the molecule is CCCC[C@H](NC(=O)[C@H](Cc1c[nH]c2ccccc12)NC(=O)[C@H](CCC(=O)O)NC(=O)[C@@H](N)CCCC)C(=O)N[C@@H](CC(=O)O)C(=O)N[C@@H](Cc1ccccc1)C(N)=O. The lowest BCUT2D eigenvalue weighted by Crippen LogP contribution is -2.60. The molecule has 3 aromatic rings. The maximum Gasteiger partial charge on any atom is 0.305 e. The number of nitrogens with two attached hydrogens (primary N) is 2. The lowest BCUT2D eigenvalue weighted by atomic mass is 10.0. The summed E-state index contributed by atoms with van der Waals surface area (Å²) in [5.41, 5.74) is 13.6. The average molecular weight is 821 g/mol. The molecule has 18 nitrogen and oxygen atoms in total. The smallest absolute Gasteiger partial charge is 0.305 e. The number of unbranched alkanes of at least 4 members (excludes halogenated alkanes) is 2. The molecule has 0 aliphatic rings. The third kappa shape index (κ3) is 15.5. The lowest BCUT2D eigenvalue weighted by Gasteiger charge is -2.27. The summed E-state index contributed by atoms with van der Waals surface area (Å²) in [6, 6.07) is 7.88. The molecule has 0 bridgehead atoms. The van der Waals surface area contributed by atoms with Crippen LogP contribution in [-0.2, 0) is 51.2 Å². The van der Waals surface area contributed by atoms with Crippen LogP contribution in [0.4, 0.5) is 0 Å². The van der Waals surface area contributed by atoms with Crippen LogP contribution in [0.15, 0.2) is 60.8 Å². The Morgan fingerprint density at radius 3 is 1.76 bits per heavy atom. The normalized spacial score (nSPS) is 14.1. The molecule has 0 saturated heterocycles. The van der Waals surface area contributed by atoms with Gasteiger partial charge in [-0.2, -0.15) is 0 Å². The number of benzene rings is 2. The number of amides is 6. The molecule has 320 valence electrons. The number of H-pyrrole nitrogens is 1. The monoisotopic (exact) mass is 820 g/mol. The van der Waals surface area contributed by atoms with Gasteiger partial charge in [0, 0.05) is 36.4 Å². The van der Waals surface area contributed by atoms with E-state index in [0.29, 0.717) is 36.8 Å². The average Bonchev–Trinajstić information content (AvgIpc) is 3.61. The Balaban J connectivity index is 1.90. The van der Waals surface area contributed by atoms with Crippen molar-refractivity contribution in [3.63, 3.8) is 0 Å². The van der Waals surface area contributed by atoms with E-state index in [9.17, 15) is 48.6 Å². The van der Waals surface area contributed by atoms with E-state index in [-0.39, 0.29) is 25.7 Å². The molecule has 0 fully saturated rings. The maximum absolute atomic E-state index is 14.2. The van der Waals surface area contributed by atoms with Gasteiger partial charge >= 0.3 is 11.9 Å². The largest absolute Gasteiger partial charge is 0.481 e. The Bertz CT molecular complexity index is 1920. The zero-order chi connectivity index (χ0) is 43.5. The van der Waals surface area contributed by atoms with Crippen molar-refractivity contribution in [3.8, 4) is 0 Å². The Labute approximate surface area is 342 Å². The summed E-state index contributed by atoms with van der Waals surface area (Å²) < 4.78 is 0. The zero-order valence-electron chi connectivity index (χ0n) is 33.3. The summed E-state index contributed by atoms with van der Waals surface area (Å²) in [5, 5.41) is 32.4. The van der Waals surface area contributed by atoms with Crippen LogP contribution >= 0.6 is 0 Å². The molecule has 2 aromatic carbocycles. The first-order chi connectivity index (χ1) is 28.1. The fourth-order valence-corrected chi connectivity index (χ4v) is 6.32. The van der Waals surface area contributed by atoms with Crippen molar-refractivity contribution in [2.45, 2.75) is 121 Å². The number of aliphatic carboxylic acids is 2. The maximum atomic E-state index is 14.2. The van der Waals surface area contributed by atoms with Gasteiger partial charge < -0.3 is 53.2 Å². The van der Waals surface area contributed by atoms with Gasteiger partial charge in [0.15, 0.2) is 0 Å². The highest BCUT2D eigenvalue weighted by molar-refractivity contribution is 5.98. The minimum Gasteiger partial charge on any atom is -0.481 e. The van der Waals surface area contributed by atoms with Crippen LogP contribution < -0.4 is 38.1 Å². The molecule has 1 aromatic heterocycles. The van der Waals surface area contributed by atoms with Gasteiger partial charge in [-0.05, 0) is 36.5 Å². The number of carboxylic acid groups (broad SMARTS) is 2. The second-order valence-electron chi connectivity index (χ2n) is 14.4. The van der Waals surface area contributed by atoms with E-state index < -0.39 is 96.5 Å². The Hall–Kier alpha value is -6.30. The number of aromatic amines is 1. The standard InChI is InChI=1S/C41H56N8O10/c1-3-5-15-27(42)37(55)45-30(18-19-34(50)51)39(57)48-32(21-25-23-44-28-17-11-10-14-26(25)28)40(58)46-29(16-6-4-2)38(56)49-33(22-35(52)53)41(59)47-31(36(43)54)20-24-12-8-7-9-13-24/h7-14,17,23,27,29-33,44H,3-6,15-16,18-22,42H2,1-2H3,(H2,43,54)(H,45,55)(H,46,58)(H,47,59)(H,48,57)(H,49,56)(H,50,51)(H,52,53)/t27-,29-,30-,31-,32-,33-/m0/s1. The summed E-state index contributed by atoms with van der Waals surface area (Å²) in [5.74, 6) is -7.81. The number of para-hydroxylation sites is 1. The van der Waals surface area contributed by atoms with Gasteiger partial charge in [0.2, 0.25) is 35.4 Å². The molecule has 0 unspecified atom stereocenters. The fourth-order valence-electron chi connectivity index (χ4n) is 6.32. The minimum atomic E-state index is -1.68. The Morgan fingerprint density at radius 1 is 0.610 bits per heavy atom. The number of nitrogens with one attached hydrogen (secondary N) is 6. The van der Waals surface area contributed by atoms with E-state index in [1.165, 1.54) is 0 Å². The van der Waals surface area contributed by atoms with E-state index >= 15 is 0 Å². The number of hydrogen-bond donors (Lipinski definition) is 10. The van der Waals surface area contributed by atoms with Gasteiger partial charge in [0.25, 0.3) is 0 Å². The highest BCUT2D eigenvalue weighted by atomic mass is 16.4. The van der Waals surface area contributed by atoms with E-state index in [1.54, 1.807) is 48.7 Å². The summed E-state index contributed by atoms with van der Waals surface area (Å²) in [7, 11) is 0. The summed E-state index contributed by atoms with van der Waals surface area (Å²) in [6.45, 7) is 3.76. The molecule has 0 saturated carbocycles. The van der Waals surface area contributed by atoms with Gasteiger partial charge in [-0.25, -0.2) is 0 Å². The number of carbonyl (C=O) groups excluding carboxylic acids is 6. The molecular weight excluding hydrogens is 764 g/mol. The van der Waals surface area contributed by atoms with Crippen molar-refractivity contribution in [1.82, 2.24) is 31.6 Å². The zero-order valence-corrected chi connectivity index (χ0v) is 33.3. The number of aromatic nitrogens is 1. The van der Waals surface area contributed by atoms with Crippen molar-refractivity contribution in [3.05, 3.63) is 71.9 Å². The molecule has 6 amide bonds. The molecule has 0 aliphatic carbocycles. The third-order valence-electron chi connectivity index (χ3n) is 9.65. The van der Waals surface area contributed by atoms with Crippen LogP contribution in [0.25, 0.3) is 10.9 Å². The molecule has 59 heavy (non-hydrogen) atoms. The van der Waals surface area contributed by atoms with Crippen LogP contribution in [0.1, 0.15) is 82.8 Å². The first-order valence-electron chi connectivity index (χ1n) is 19.7. The van der Waals surface area contributed by atoms with Crippen LogP contribution in [-0.4, -0.2) is 98.8 Å². The van der Waals surface area contributed by atoms with E-state index in [1.807, 2.05) is 26.0 Å². The van der Waals surface area contributed by atoms with Crippen LogP contribution in [0.5, 0.6) is 0 Å². The molecule has 0 radical (unpaired) electrons. The number of rotatable bonds is 26. The van der Waals surface area contributed by atoms with Crippen molar-refractivity contribution in [2.75, 3.05) is 0 Å². The van der Waals surface area contributed by atoms with Gasteiger partial charge in [0.1, 0.15) is 30.2 Å². The minimum absolute atomic E-state index is 0.000870. The summed E-state index contributed by atoms with van der Waals surface area (Å²) >= 11 is 0. The van der Waals surface area contributed by atoms with Crippen molar-refractivity contribution in [1.29, 1.82) is 0 Å². The second-order valence-corrected chi connectivity index (χ2v) is 14.4. The molecule has 0 spiro atoms. The summed E-state index contributed by atoms with van der Waals surface area (Å²) in [4.78, 5) is 107. The van der Waals surface area contributed by atoms with E-state index in [4.69, 9.17) is 11.5 Å². The molecule has 18 heteroatoms. The van der Waals surface area contributed by atoms with Gasteiger partial charge in [-0.1, -0.05) is 88.1 Å².